The van der Waals surface area contributed by atoms with E-state index in [0.29, 0.717) is 0 Å². The second-order valence-corrected chi connectivity index (χ2v) is 3.00. The van der Waals surface area contributed by atoms with Crippen molar-refractivity contribution in [3.8, 4) is 0 Å². The van der Waals surface area contributed by atoms with Crippen molar-refractivity contribution < 1.29 is 0 Å². The summed E-state index contributed by atoms with van der Waals surface area (Å²) < 4.78 is 0. The minimum absolute atomic E-state index is 1.04. The summed E-state index contributed by atoms with van der Waals surface area (Å²) in [5.41, 5.74) is 2.49. The molecular weight excluding hydrogens is 158 g/mol. The molecule has 0 bridgehead atoms. The van der Waals surface area contributed by atoms with Gasteiger partial charge in [-0.2, -0.15) is 0 Å². The molecule has 0 saturated heterocycles. The fraction of sp³-hybridized carbons (Fsp3) is 0.333. The van der Waals surface area contributed by atoms with E-state index in [1.807, 2.05) is 6.07 Å². The van der Waals surface area contributed by atoms with Crippen LogP contribution in [0.4, 0.5) is 0 Å². The van der Waals surface area contributed by atoms with Gasteiger partial charge in [-0.15, -0.1) is 0 Å². The number of benzene rings is 1. The summed E-state index contributed by atoms with van der Waals surface area (Å²) in [6, 6.07) is 10.4. The summed E-state index contributed by atoms with van der Waals surface area (Å²) in [6.45, 7) is 5.27. The van der Waals surface area contributed by atoms with Crippen molar-refractivity contribution in [2.75, 3.05) is 6.54 Å². The average Bonchev–Trinajstić information content (AvgIpc) is 2.21. The summed E-state index contributed by atoms with van der Waals surface area (Å²) >= 11 is 0. The summed E-state index contributed by atoms with van der Waals surface area (Å²) in [5.74, 6) is 0. The third-order valence-electron chi connectivity index (χ3n) is 1.94. The van der Waals surface area contributed by atoms with E-state index in [1.54, 1.807) is 0 Å². The molecule has 1 nitrogen and oxygen atoms in total. The maximum absolute atomic E-state index is 3.40. The van der Waals surface area contributed by atoms with E-state index >= 15 is 0 Å². The van der Waals surface area contributed by atoms with Crippen molar-refractivity contribution in [2.24, 2.45) is 0 Å². The van der Waals surface area contributed by atoms with Crippen LogP contribution in [0, 0.1) is 0 Å². The van der Waals surface area contributed by atoms with Gasteiger partial charge in [0.25, 0.3) is 0 Å². The third-order valence-corrected chi connectivity index (χ3v) is 1.94. The molecule has 0 heterocycles. The summed E-state index contributed by atoms with van der Waals surface area (Å²) in [6.07, 6.45) is 3.27. The Labute approximate surface area is 80.5 Å². The molecule has 0 aromatic heterocycles. The third kappa shape index (κ3) is 2.94. The van der Waals surface area contributed by atoms with Crippen LogP contribution in [0.15, 0.2) is 36.4 Å². The molecule has 70 valence electrons. The number of rotatable bonds is 4. The van der Waals surface area contributed by atoms with Gasteiger partial charge in [0, 0.05) is 12.2 Å². The van der Waals surface area contributed by atoms with Crippen LogP contribution in [-0.4, -0.2) is 6.54 Å². The Balaban J connectivity index is 2.69. The largest absolute Gasteiger partial charge is 0.385 e. The lowest BCUT2D eigenvalue weighted by molar-refractivity contribution is 0.823. The van der Waals surface area contributed by atoms with Crippen LogP contribution in [0.5, 0.6) is 0 Å². The van der Waals surface area contributed by atoms with Gasteiger partial charge in [-0.3, -0.25) is 0 Å². The van der Waals surface area contributed by atoms with E-state index in [0.717, 1.165) is 13.0 Å². The molecule has 0 fully saturated rings. The fourth-order valence-corrected chi connectivity index (χ4v) is 1.25. The first-order valence-corrected chi connectivity index (χ1v) is 4.84. The first-order chi connectivity index (χ1) is 6.38. The Morgan fingerprint density at radius 2 is 2.00 bits per heavy atom. The Morgan fingerprint density at radius 3 is 2.54 bits per heavy atom. The highest BCUT2D eigenvalue weighted by molar-refractivity contribution is 5.63. The van der Waals surface area contributed by atoms with Crippen LogP contribution in [0.2, 0.25) is 0 Å². The van der Waals surface area contributed by atoms with E-state index in [-0.39, 0.29) is 0 Å². The Bertz CT molecular complexity index is 262. The highest BCUT2D eigenvalue weighted by atomic mass is 14.9. The molecule has 0 unspecified atom stereocenters. The quantitative estimate of drug-likeness (QED) is 0.741. The van der Waals surface area contributed by atoms with Gasteiger partial charge in [0.05, 0.1) is 0 Å². The smallest absolute Gasteiger partial charge is 0.0370 e. The Kier molecular flexibility index (Phi) is 4.10. The molecule has 0 aliphatic rings. The van der Waals surface area contributed by atoms with Crippen molar-refractivity contribution in [1.29, 1.82) is 0 Å². The SMILES string of the molecule is C/C=C(/NCCC)c1ccccc1. The lowest BCUT2D eigenvalue weighted by Gasteiger charge is -2.09. The number of hydrogen-bond donors (Lipinski definition) is 1. The van der Waals surface area contributed by atoms with Crippen LogP contribution in [-0.2, 0) is 0 Å². The number of nitrogens with one attached hydrogen (secondary N) is 1. The molecular formula is C12H17N. The molecule has 0 amide bonds. The van der Waals surface area contributed by atoms with Crippen molar-refractivity contribution in [3.63, 3.8) is 0 Å². The zero-order valence-corrected chi connectivity index (χ0v) is 8.38. The van der Waals surface area contributed by atoms with Crippen molar-refractivity contribution in [2.45, 2.75) is 20.3 Å². The molecule has 1 N–H and O–H groups in total. The van der Waals surface area contributed by atoms with Gasteiger partial charge in [-0.05, 0) is 18.9 Å². The molecule has 0 saturated carbocycles. The van der Waals surface area contributed by atoms with E-state index in [2.05, 4.69) is 49.5 Å². The van der Waals surface area contributed by atoms with E-state index in [9.17, 15) is 0 Å². The van der Waals surface area contributed by atoms with Gasteiger partial charge in [0.2, 0.25) is 0 Å². The van der Waals surface area contributed by atoms with E-state index in [4.69, 9.17) is 0 Å². The molecule has 0 spiro atoms. The fourth-order valence-electron chi connectivity index (χ4n) is 1.25. The molecule has 0 atom stereocenters. The molecule has 0 aliphatic carbocycles. The normalized spacial score (nSPS) is 11.4. The standard InChI is InChI=1S/C12H17N/c1-3-10-13-12(4-2)11-8-6-5-7-9-11/h4-9,13H,3,10H2,1-2H3/b12-4+. The lowest BCUT2D eigenvalue weighted by atomic mass is 10.1. The molecule has 13 heavy (non-hydrogen) atoms. The topological polar surface area (TPSA) is 12.0 Å². The maximum atomic E-state index is 3.40. The van der Waals surface area contributed by atoms with E-state index in [1.165, 1.54) is 11.3 Å². The van der Waals surface area contributed by atoms with Gasteiger partial charge in [0.1, 0.15) is 0 Å². The van der Waals surface area contributed by atoms with Crippen LogP contribution in [0.3, 0.4) is 0 Å². The van der Waals surface area contributed by atoms with Crippen molar-refractivity contribution >= 4 is 5.70 Å². The summed E-state index contributed by atoms with van der Waals surface area (Å²) in [4.78, 5) is 0. The van der Waals surface area contributed by atoms with E-state index < -0.39 is 0 Å². The van der Waals surface area contributed by atoms with Crippen molar-refractivity contribution in [3.05, 3.63) is 42.0 Å². The Hall–Kier alpha value is -1.24. The highest BCUT2D eigenvalue weighted by Crippen LogP contribution is 2.09. The van der Waals surface area contributed by atoms with Crippen LogP contribution in [0.1, 0.15) is 25.8 Å². The minimum atomic E-state index is 1.04. The summed E-state index contributed by atoms with van der Waals surface area (Å²) in [5, 5.41) is 3.40. The van der Waals surface area contributed by atoms with Crippen LogP contribution in [0.25, 0.3) is 5.70 Å². The number of hydrogen-bond acceptors (Lipinski definition) is 1. The molecule has 0 radical (unpaired) electrons. The molecule has 0 aliphatic heterocycles. The first-order valence-electron chi connectivity index (χ1n) is 4.84. The molecule has 1 heteroatoms. The van der Waals surface area contributed by atoms with Gasteiger partial charge in [-0.1, -0.05) is 43.3 Å². The monoisotopic (exact) mass is 175 g/mol. The zero-order valence-electron chi connectivity index (χ0n) is 8.38. The Morgan fingerprint density at radius 1 is 1.31 bits per heavy atom. The average molecular weight is 175 g/mol. The first kappa shape index (κ1) is 9.85. The van der Waals surface area contributed by atoms with Gasteiger partial charge < -0.3 is 5.32 Å². The second kappa shape index (κ2) is 5.41. The summed E-state index contributed by atoms with van der Waals surface area (Å²) in [7, 11) is 0. The zero-order chi connectivity index (χ0) is 9.52. The second-order valence-electron chi connectivity index (χ2n) is 3.00. The highest BCUT2D eigenvalue weighted by Gasteiger charge is 1.96. The van der Waals surface area contributed by atoms with Gasteiger partial charge in [0.15, 0.2) is 0 Å². The minimum Gasteiger partial charge on any atom is -0.385 e. The van der Waals surface area contributed by atoms with Crippen LogP contribution < -0.4 is 5.32 Å². The van der Waals surface area contributed by atoms with Gasteiger partial charge >= 0.3 is 0 Å². The number of allylic oxidation sites excluding steroid dienone is 1. The molecule has 1 rings (SSSR count). The van der Waals surface area contributed by atoms with Crippen LogP contribution >= 0.6 is 0 Å². The molecule has 1 aromatic carbocycles. The van der Waals surface area contributed by atoms with Gasteiger partial charge in [-0.25, -0.2) is 0 Å². The predicted molar refractivity (Wildman–Crippen MR) is 58.4 cm³/mol. The maximum Gasteiger partial charge on any atom is 0.0370 e. The lowest BCUT2D eigenvalue weighted by Crippen LogP contribution is -2.12. The van der Waals surface area contributed by atoms with Crippen molar-refractivity contribution in [1.82, 2.24) is 5.32 Å². The molecule has 1 aromatic rings. The predicted octanol–water partition coefficient (Wildman–Crippen LogP) is 3.05.